The maximum atomic E-state index is 5.65. The summed E-state index contributed by atoms with van der Waals surface area (Å²) in [4.78, 5) is 0. The molecule has 0 saturated carbocycles. The molecule has 0 amide bonds. The molecule has 0 radical (unpaired) electrons. The lowest BCUT2D eigenvalue weighted by atomic mass is 10.1. The summed E-state index contributed by atoms with van der Waals surface area (Å²) in [6.07, 6.45) is 1.08. The SMILES string of the molecule is COc1ccc(COCCC(C)C)cc1C#CCN. The van der Waals surface area contributed by atoms with E-state index < -0.39 is 0 Å². The lowest BCUT2D eigenvalue weighted by molar-refractivity contribution is 0.110. The van der Waals surface area contributed by atoms with Gasteiger partial charge >= 0.3 is 0 Å². The van der Waals surface area contributed by atoms with Crippen LogP contribution in [0.25, 0.3) is 0 Å². The number of ether oxygens (including phenoxy) is 2. The van der Waals surface area contributed by atoms with E-state index in [2.05, 4.69) is 25.7 Å². The van der Waals surface area contributed by atoms with Crippen molar-refractivity contribution >= 4 is 0 Å². The van der Waals surface area contributed by atoms with Gasteiger partial charge in [-0.05, 0) is 30.0 Å². The highest BCUT2D eigenvalue weighted by molar-refractivity contribution is 5.48. The van der Waals surface area contributed by atoms with Crippen LogP contribution >= 0.6 is 0 Å². The Balaban J connectivity index is 2.64. The highest BCUT2D eigenvalue weighted by Crippen LogP contribution is 2.19. The largest absolute Gasteiger partial charge is 0.495 e. The minimum atomic E-state index is 0.346. The Morgan fingerprint density at radius 2 is 2.11 bits per heavy atom. The molecule has 3 nitrogen and oxygen atoms in total. The van der Waals surface area contributed by atoms with Gasteiger partial charge in [-0.1, -0.05) is 31.8 Å². The molecule has 0 bridgehead atoms. The van der Waals surface area contributed by atoms with Crippen LogP contribution in [-0.2, 0) is 11.3 Å². The summed E-state index contributed by atoms with van der Waals surface area (Å²) in [7, 11) is 1.64. The van der Waals surface area contributed by atoms with Crippen LogP contribution in [0.15, 0.2) is 18.2 Å². The molecule has 0 aliphatic rings. The standard InChI is InChI=1S/C16H23NO2/c1-13(2)8-10-19-12-14-6-7-16(18-3)15(11-14)5-4-9-17/h6-7,11,13H,8-10,12,17H2,1-3H3. The predicted octanol–water partition coefficient (Wildman–Crippen LogP) is 2.57. The molecule has 19 heavy (non-hydrogen) atoms. The van der Waals surface area contributed by atoms with Crippen molar-refractivity contribution in [2.45, 2.75) is 26.9 Å². The van der Waals surface area contributed by atoms with Gasteiger partial charge in [0.25, 0.3) is 0 Å². The summed E-state index contributed by atoms with van der Waals surface area (Å²) in [5.74, 6) is 7.30. The first-order valence-corrected chi connectivity index (χ1v) is 6.61. The van der Waals surface area contributed by atoms with E-state index in [1.54, 1.807) is 7.11 Å². The molecule has 1 rings (SSSR count). The fraction of sp³-hybridized carbons (Fsp3) is 0.500. The summed E-state index contributed by atoms with van der Waals surface area (Å²) in [5, 5.41) is 0. The number of rotatable bonds is 6. The Morgan fingerprint density at radius 3 is 2.74 bits per heavy atom. The van der Waals surface area contributed by atoms with E-state index in [0.717, 1.165) is 29.9 Å². The molecule has 1 aromatic rings. The minimum absolute atomic E-state index is 0.346. The van der Waals surface area contributed by atoms with Gasteiger partial charge in [0.15, 0.2) is 0 Å². The highest BCUT2D eigenvalue weighted by Gasteiger charge is 2.02. The molecule has 0 heterocycles. The average Bonchev–Trinajstić information content (AvgIpc) is 2.41. The molecule has 2 N–H and O–H groups in total. The molecule has 0 aromatic heterocycles. The van der Waals surface area contributed by atoms with Gasteiger partial charge in [0.2, 0.25) is 0 Å². The normalized spacial score (nSPS) is 10.2. The van der Waals surface area contributed by atoms with Crippen LogP contribution in [0.2, 0.25) is 0 Å². The Morgan fingerprint density at radius 1 is 1.32 bits per heavy atom. The second-order valence-electron chi connectivity index (χ2n) is 4.78. The van der Waals surface area contributed by atoms with Gasteiger partial charge < -0.3 is 15.2 Å². The van der Waals surface area contributed by atoms with Gasteiger partial charge in [0.1, 0.15) is 5.75 Å². The van der Waals surface area contributed by atoms with Crippen molar-refractivity contribution < 1.29 is 9.47 Å². The number of methoxy groups -OCH3 is 1. The maximum Gasteiger partial charge on any atom is 0.134 e. The third-order valence-electron chi connectivity index (χ3n) is 2.70. The number of benzene rings is 1. The van der Waals surface area contributed by atoms with Crippen molar-refractivity contribution in [2.24, 2.45) is 11.7 Å². The van der Waals surface area contributed by atoms with Crippen molar-refractivity contribution in [3.05, 3.63) is 29.3 Å². The third kappa shape index (κ3) is 5.78. The van der Waals surface area contributed by atoms with Crippen molar-refractivity contribution in [1.82, 2.24) is 0 Å². The zero-order valence-electron chi connectivity index (χ0n) is 12.0. The van der Waals surface area contributed by atoms with Crippen LogP contribution < -0.4 is 10.5 Å². The molecule has 104 valence electrons. The van der Waals surface area contributed by atoms with Gasteiger partial charge in [-0.3, -0.25) is 0 Å². The third-order valence-corrected chi connectivity index (χ3v) is 2.70. The fourth-order valence-electron chi connectivity index (χ4n) is 1.60. The Hall–Kier alpha value is -1.50. The van der Waals surface area contributed by atoms with Crippen LogP contribution in [0.1, 0.15) is 31.4 Å². The summed E-state index contributed by atoms with van der Waals surface area (Å²) < 4.78 is 10.9. The molecule has 0 fully saturated rings. The molecule has 0 atom stereocenters. The van der Waals surface area contributed by atoms with E-state index >= 15 is 0 Å². The molecular formula is C16H23NO2. The lowest BCUT2D eigenvalue weighted by Crippen LogP contribution is -2.00. The molecule has 0 unspecified atom stereocenters. The zero-order chi connectivity index (χ0) is 14.1. The summed E-state index contributed by atoms with van der Waals surface area (Å²) >= 11 is 0. The topological polar surface area (TPSA) is 44.5 Å². The number of nitrogens with two attached hydrogens (primary N) is 1. The second kappa shape index (κ2) is 8.58. The van der Waals surface area contributed by atoms with E-state index in [9.17, 15) is 0 Å². The smallest absolute Gasteiger partial charge is 0.134 e. The van der Waals surface area contributed by atoms with Crippen LogP contribution in [0.3, 0.4) is 0 Å². The Labute approximate surface area is 116 Å². The van der Waals surface area contributed by atoms with Crippen molar-refractivity contribution in [1.29, 1.82) is 0 Å². The molecule has 3 heteroatoms. The van der Waals surface area contributed by atoms with Crippen LogP contribution in [0.4, 0.5) is 0 Å². The quantitative estimate of drug-likeness (QED) is 0.632. The summed E-state index contributed by atoms with van der Waals surface area (Å²) in [6, 6.07) is 5.92. The van der Waals surface area contributed by atoms with E-state index in [0.29, 0.717) is 19.1 Å². The van der Waals surface area contributed by atoms with E-state index in [1.165, 1.54) is 0 Å². The van der Waals surface area contributed by atoms with Crippen molar-refractivity contribution in [3.8, 4) is 17.6 Å². The first-order valence-electron chi connectivity index (χ1n) is 6.61. The molecule has 0 aliphatic carbocycles. The van der Waals surface area contributed by atoms with Crippen LogP contribution in [0.5, 0.6) is 5.75 Å². The fourth-order valence-corrected chi connectivity index (χ4v) is 1.60. The van der Waals surface area contributed by atoms with Crippen LogP contribution in [-0.4, -0.2) is 20.3 Å². The molecule has 0 saturated heterocycles. The molecule has 0 spiro atoms. The van der Waals surface area contributed by atoms with Gasteiger partial charge in [0, 0.05) is 6.61 Å². The van der Waals surface area contributed by atoms with E-state index in [1.807, 2.05) is 18.2 Å². The van der Waals surface area contributed by atoms with Gasteiger partial charge in [-0.2, -0.15) is 0 Å². The van der Waals surface area contributed by atoms with Crippen molar-refractivity contribution in [2.75, 3.05) is 20.3 Å². The predicted molar refractivity (Wildman–Crippen MR) is 78.0 cm³/mol. The first kappa shape index (κ1) is 15.6. The zero-order valence-corrected chi connectivity index (χ0v) is 12.0. The molecule has 0 aliphatic heterocycles. The maximum absolute atomic E-state index is 5.65. The van der Waals surface area contributed by atoms with E-state index in [-0.39, 0.29) is 0 Å². The monoisotopic (exact) mass is 261 g/mol. The summed E-state index contributed by atoms with van der Waals surface area (Å²) in [5.41, 5.74) is 7.36. The first-order chi connectivity index (χ1) is 9.17. The Bertz CT molecular complexity index is 444. The minimum Gasteiger partial charge on any atom is -0.495 e. The number of hydrogen-bond acceptors (Lipinski definition) is 3. The number of hydrogen-bond donors (Lipinski definition) is 1. The summed E-state index contributed by atoms with van der Waals surface area (Å²) in [6.45, 7) is 6.12. The van der Waals surface area contributed by atoms with Gasteiger partial charge in [-0.25, -0.2) is 0 Å². The Kier molecular flexibility index (Phi) is 7.02. The van der Waals surface area contributed by atoms with Crippen LogP contribution in [0, 0.1) is 17.8 Å². The van der Waals surface area contributed by atoms with Gasteiger partial charge in [-0.15, -0.1) is 0 Å². The molecule has 1 aromatic carbocycles. The van der Waals surface area contributed by atoms with Gasteiger partial charge in [0.05, 0.1) is 25.8 Å². The van der Waals surface area contributed by atoms with E-state index in [4.69, 9.17) is 15.2 Å². The second-order valence-corrected chi connectivity index (χ2v) is 4.78. The van der Waals surface area contributed by atoms with Crippen molar-refractivity contribution in [3.63, 3.8) is 0 Å². The lowest BCUT2D eigenvalue weighted by Gasteiger charge is -2.09. The average molecular weight is 261 g/mol. The highest BCUT2D eigenvalue weighted by atomic mass is 16.5. The molecular weight excluding hydrogens is 238 g/mol.